The molecule has 1 fully saturated rings. The molecule has 160 valence electrons. The zero-order valence-corrected chi connectivity index (χ0v) is 17.0. The number of piperidine rings is 1. The van der Waals surface area contributed by atoms with Gasteiger partial charge in [0.1, 0.15) is 11.5 Å². The zero-order valence-electron chi connectivity index (χ0n) is 16.2. The number of amides is 2. The van der Waals surface area contributed by atoms with E-state index in [1.54, 1.807) is 42.5 Å². The van der Waals surface area contributed by atoms with Gasteiger partial charge in [0.25, 0.3) is 11.8 Å². The van der Waals surface area contributed by atoms with E-state index in [1.807, 2.05) is 0 Å². The molecule has 1 aliphatic rings. The average Bonchev–Trinajstić information content (AvgIpc) is 3.29. The van der Waals surface area contributed by atoms with Crippen molar-refractivity contribution >= 4 is 29.1 Å². The van der Waals surface area contributed by atoms with Crippen molar-refractivity contribution in [1.82, 2.24) is 9.88 Å². The smallest absolute Gasteiger partial charge is 0.272 e. The Labute approximate surface area is 181 Å². The Morgan fingerprint density at radius 3 is 2.68 bits per heavy atom. The van der Waals surface area contributed by atoms with Crippen LogP contribution in [0.2, 0.25) is 5.02 Å². The van der Waals surface area contributed by atoms with E-state index in [4.69, 9.17) is 16.0 Å². The van der Waals surface area contributed by atoms with Gasteiger partial charge < -0.3 is 14.6 Å². The van der Waals surface area contributed by atoms with Gasteiger partial charge in [-0.25, -0.2) is 8.78 Å². The first kappa shape index (κ1) is 21.0. The van der Waals surface area contributed by atoms with Crippen LogP contribution in [0, 0.1) is 5.92 Å². The molecular weight excluding hydrogens is 428 g/mol. The topological polar surface area (TPSA) is 75.4 Å². The summed E-state index contributed by atoms with van der Waals surface area (Å²) in [5.41, 5.74) is 1.04. The SMILES string of the molecule is O=C(Nc1ccc(Cl)cc1)C1CN(C(=O)c2cc(-c3ccco3)ccn2)CC(F)(F)C1. The predicted octanol–water partition coefficient (Wildman–Crippen LogP) is 4.73. The number of alkyl halides is 2. The first-order valence-electron chi connectivity index (χ1n) is 9.54. The Bertz CT molecular complexity index is 1090. The molecule has 1 N–H and O–H groups in total. The molecule has 1 aromatic carbocycles. The summed E-state index contributed by atoms with van der Waals surface area (Å²) < 4.78 is 34.1. The summed E-state index contributed by atoms with van der Waals surface area (Å²) in [5, 5.41) is 3.10. The third kappa shape index (κ3) is 4.91. The van der Waals surface area contributed by atoms with Crippen LogP contribution in [0.1, 0.15) is 16.9 Å². The number of hydrogen-bond acceptors (Lipinski definition) is 4. The second-order valence-corrected chi connectivity index (χ2v) is 7.78. The highest BCUT2D eigenvalue weighted by atomic mass is 35.5. The molecule has 0 aliphatic carbocycles. The number of nitrogens with one attached hydrogen (secondary N) is 1. The largest absolute Gasteiger partial charge is 0.464 e. The number of rotatable bonds is 4. The molecule has 6 nitrogen and oxygen atoms in total. The summed E-state index contributed by atoms with van der Waals surface area (Å²) in [4.78, 5) is 30.5. The Hall–Kier alpha value is -3.26. The lowest BCUT2D eigenvalue weighted by Crippen LogP contribution is -2.52. The van der Waals surface area contributed by atoms with Crippen LogP contribution in [0.5, 0.6) is 0 Å². The summed E-state index contributed by atoms with van der Waals surface area (Å²) in [7, 11) is 0. The number of pyridine rings is 1. The van der Waals surface area contributed by atoms with Crippen LogP contribution in [-0.2, 0) is 4.79 Å². The molecule has 2 aromatic heterocycles. The van der Waals surface area contributed by atoms with Gasteiger partial charge in [0.2, 0.25) is 5.91 Å². The molecule has 2 amide bonds. The van der Waals surface area contributed by atoms with Gasteiger partial charge in [0.15, 0.2) is 0 Å². The molecular formula is C22H18ClF2N3O3. The average molecular weight is 446 g/mol. The standard InChI is InChI=1S/C22H18ClF2N3O3/c23-16-3-5-17(6-4-16)27-20(29)15-11-22(24,25)13-28(12-15)21(30)18-10-14(7-8-26-18)19-2-1-9-31-19/h1-10,15H,11-13H2,(H,27,29). The van der Waals surface area contributed by atoms with E-state index < -0.39 is 36.6 Å². The zero-order chi connectivity index (χ0) is 22.0. The van der Waals surface area contributed by atoms with Crippen molar-refractivity contribution < 1.29 is 22.8 Å². The quantitative estimate of drug-likeness (QED) is 0.630. The van der Waals surface area contributed by atoms with Crippen LogP contribution in [0.25, 0.3) is 11.3 Å². The maximum Gasteiger partial charge on any atom is 0.272 e. The van der Waals surface area contributed by atoms with Crippen molar-refractivity contribution in [3.8, 4) is 11.3 Å². The van der Waals surface area contributed by atoms with E-state index in [2.05, 4.69) is 10.3 Å². The summed E-state index contributed by atoms with van der Waals surface area (Å²) in [5.74, 6) is -5.00. The molecule has 31 heavy (non-hydrogen) atoms. The van der Waals surface area contributed by atoms with Gasteiger partial charge in [-0.3, -0.25) is 14.6 Å². The van der Waals surface area contributed by atoms with Gasteiger partial charge in [-0.05, 0) is 48.5 Å². The summed E-state index contributed by atoms with van der Waals surface area (Å²) in [6.45, 7) is -0.913. The first-order chi connectivity index (χ1) is 14.8. The molecule has 9 heteroatoms. The third-order valence-corrected chi connectivity index (χ3v) is 5.21. The lowest BCUT2D eigenvalue weighted by Gasteiger charge is -2.36. The number of likely N-dealkylation sites (tertiary alicyclic amines) is 1. The lowest BCUT2D eigenvalue weighted by molar-refractivity contribution is -0.130. The lowest BCUT2D eigenvalue weighted by atomic mass is 9.93. The third-order valence-electron chi connectivity index (χ3n) is 4.96. The molecule has 0 bridgehead atoms. The van der Waals surface area contributed by atoms with Gasteiger partial charge in [-0.1, -0.05) is 11.6 Å². The molecule has 0 spiro atoms. The highest BCUT2D eigenvalue weighted by molar-refractivity contribution is 6.30. The number of nitrogens with zero attached hydrogens (tertiary/aromatic N) is 2. The van der Waals surface area contributed by atoms with E-state index in [-0.39, 0.29) is 12.2 Å². The Morgan fingerprint density at radius 1 is 1.19 bits per heavy atom. The van der Waals surface area contributed by atoms with Crippen LogP contribution in [0.15, 0.2) is 65.4 Å². The molecule has 3 heterocycles. The fourth-order valence-corrected chi connectivity index (χ4v) is 3.64. The van der Waals surface area contributed by atoms with Crippen LogP contribution >= 0.6 is 11.6 Å². The number of anilines is 1. The molecule has 1 saturated heterocycles. The molecule has 3 aromatic rings. The van der Waals surface area contributed by atoms with E-state index in [9.17, 15) is 18.4 Å². The molecule has 0 radical (unpaired) electrons. The first-order valence-corrected chi connectivity index (χ1v) is 9.92. The van der Waals surface area contributed by atoms with Crippen molar-refractivity contribution in [2.24, 2.45) is 5.92 Å². The molecule has 1 aliphatic heterocycles. The van der Waals surface area contributed by atoms with Crippen molar-refractivity contribution in [1.29, 1.82) is 0 Å². The minimum absolute atomic E-state index is 0.00320. The van der Waals surface area contributed by atoms with E-state index in [1.165, 1.54) is 18.5 Å². The summed E-state index contributed by atoms with van der Waals surface area (Å²) >= 11 is 5.82. The Morgan fingerprint density at radius 2 is 1.97 bits per heavy atom. The van der Waals surface area contributed by atoms with Crippen LogP contribution in [0.3, 0.4) is 0 Å². The molecule has 0 saturated carbocycles. The summed E-state index contributed by atoms with van der Waals surface area (Å²) in [6, 6.07) is 12.9. The van der Waals surface area contributed by atoms with E-state index in [0.717, 1.165) is 4.90 Å². The Balaban J connectivity index is 1.51. The second kappa shape index (κ2) is 8.47. The van der Waals surface area contributed by atoms with Crippen molar-refractivity contribution in [3.05, 3.63) is 71.7 Å². The molecule has 1 atom stereocenters. The predicted molar refractivity (Wildman–Crippen MR) is 111 cm³/mol. The van der Waals surface area contributed by atoms with Gasteiger partial charge >= 0.3 is 0 Å². The van der Waals surface area contributed by atoms with Crippen LogP contribution in [0.4, 0.5) is 14.5 Å². The Kier molecular flexibility index (Phi) is 5.73. The summed E-state index contributed by atoms with van der Waals surface area (Å²) in [6.07, 6.45) is 2.26. The van der Waals surface area contributed by atoms with E-state index in [0.29, 0.717) is 22.0 Å². The van der Waals surface area contributed by atoms with Crippen molar-refractivity contribution in [2.45, 2.75) is 12.3 Å². The number of benzene rings is 1. The fourth-order valence-electron chi connectivity index (χ4n) is 3.51. The number of aromatic nitrogens is 1. The minimum Gasteiger partial charge on any atom is -0.464 e. The number of carbonyl (C=O) groups is 2. The normalized spacial score (nSPS) is 17.9. The number of furan rings is 1. The monoisotopic (exact) mass is 445 g/mol. The maximum atomic E-state index is 14.4. The van der Waals surface area contributed by atoms with Gasteiger partial charge in [-0.2, -0.15) is 0 Å². The second-order valence-electron chi connectivity index (χ2n) is 7.35. The molecule has 4 rings (SSSR count). The maximum absolute atomic E-state index is 14.4. The highest BCUT2D eigenvalue weighted by Crippen LogP contribution is 2.32. The number of halogens is 3. The number of carbonyl (C=O) groups excluding carboxylic acids is 2. The minimum atomic E-state index is -3.20. The van der Waals surface area contributed by atoms with E-state index >= 15 is 0 Å². The van der Waals surface area contributed by atoms with Crippen LogP contribution in [-0.4, -0.2) is 40.7 Å². The number of hydrogen-bond donors (Lipinski definition) is 1. The highest BCUT2D eigenvalue weighted by Gasteiger charge is 2.44. The van der Waals surface area contributed by atoms with Gasteiger partial charge in [0, 0.05) is 35.4 Å². The van der Waals surface area contributed by atoms with Crippen molar-refractivity contribution in [2.75, 3.05) is 18.4 Å². The van der Waals surface area contributed by atoms with Crippen molar-refractivity contribution in [3.63, 3.8) is 0 Å². The molecule has 1 unspecified atom stereocenters. The van der Waals surface area contributed by atoms with Gasteiger partial charge in [-0.15, -0.1) is 0 Å². The fraction of sp³-hybridized carbons (Fsp3) is 0.227. The van der Waals surface area contributed by atoms with Crippen LogP contribution < -0.4 is 5.32 Å². The van der Waals surface area contributed by atoms with Gasteiger partial charge in [0.05, 0.1) is 18.7 Å².